The molecule has 1 aliphatic heterocycles. The maximum absolute atomic E-state index is 13.0. The SMILES string of the molecule is CC(=O)N1CCN(C(=O)c2ccc3c(ccn3-c3ccc([C@@H](C)CCS(=O)(=O)C(C)C)cc3)c2)CC1. The molecule has 0 spiro atoms. The minimum absolute atomic E-state index is 0.00864. The molecule has 0 radical (unpaired) electrons. The van der Waals surface area contributed by atoms with Gasteiger partial charge in [0.1, 0.15) is 0 Å². The highest BCUT2D eigenvalue weighted by molar-refractivity contribution is 7.91. The van der Waals surface area contributed by atoms with Crippen LogP contribution < -0.4 is 0 Å². The fraction of sp³-hybridized carbons (Fsp3) is 0.429. The Kier molecular flexibility index (Phi) is 7.54. The molecule has 3 aromatic rings. The van der Waals surface area contributed by atoms with Crippen molar-refractivity contribution in [1.82, 2.24) is 14.4 Å². The number of rotatable bonds is 7. The van der Waals surface area contributed by atoms with E-state index in [1.165, 1.54) is 0 Å². The molecule has 1 atom stereocenters. The van der Waals surface area contributed by atoms with Crippen LogP contribution in [0.2, 0.25) is 0 Å². The van der Waals surface area contributed by atoms with E-state index in [4.69, 9.17) is 0 Å². The van der Waals surface area contributed by atoms with Gasteiger partial charge in [-0.2, -0.15) is 0 Å². The number of nitrogens with zero attached hydrogens (tertiary/aromatic N) is 3. The molecule has 0 bridgehead atoms. The molecule has 4 rings (SSSR count). The number of hydrogen-bond acceptors (Lipinski definition) is 4. The molecule has 0 unspecified atom stereocenters. The van der Waals surface area contributed by atoms with Crippen LogP contribution in [0.15, 0.2) is 54.7 Å². The van der Waals surface area contributed by atoms with E-state index in [2.05, 4.69) is 35.8 Å². The Labute approximate surface area is 213 Å². The lowest BCUT2D eigenvalue weighted by atomic mass is 9.98. The molecular weight excluding hydrogens is 474 g/mol. The average Bonchev–Trinajstić information content (AvgIpc) is 3.30. The maximum Gasteiger partial charge on any atom is 0.253 e. The molecule has 8 heteroatoms. The van der Waals surface area contributed by atoms with Gasteiger partial charge in [0.25, 0.3) is 5.91 Å². The van der Waals surface area contributed by atoms with E-state index in [0.29, 0.717) is 38.2 Å². The van der Waals surface area contributed by atoms with Crippen molar-refractivity contribution in [2.45, 2.75) is 45.3 Å². The number of piperazine rings is 1. The van der Waals surface area contributed by atoms with Crippen LogP contribution >= 0.6 is 0 Å². The van der Waals surface area contributed by atoms with Gasteiger partial charge in [0.2, 0.25) is 5.91 Å². The average molecular weight is 510 g/mol. The van der Waals surface area contributed by atoms with Crippen LogP contribution in [0.5, 0.6) is 0 Å². The standard InChI is InChI=1S/C28H35N3O4S/c1-20(2)36(34,35)18-12-21(3)23-5-8-26(9-6-23)31-13-11-24-19-25(7-10-27(24)31)28(33)30-16-14-29(15-17-30)22(4)32/h5-11,13,19-21H,12,14-18H2,1-4H3/t21-/m0/s1. The van der Waals surface area contributed by atoms with Crippen LogP contribution in [0.3, 0.4) is 0 Å². The lowest BCUT2D eigenvalue weighted by Gasteiger charge is -2.34. The summed E-state index contributed by atoms with van der Waals surface area (Å²) in [6.45, 7) is 9.32. The van der Waals surface area contributed by atoms with Gasteiger partial charge in [0.05, 0.1) is 16.5 Å². The van der Waals surface area contributed by atoms with E-state index < -0.39 is 9.84 Å². The van der Waals surface area contributed by atoms with Crippen LogP contribution in [0.25, 0.3) is 16.6 Å². The molecule has 36 heavy (non-hydrogen) atoms. The predicted molar refractivity (Wildman–Crippen MR) is 143 cm³/mol. The molecule has 0 N–H and O–H groups in total. The predicted octanol–water partition coefficient (Wildman–Crippen LogP) is 4.25. The zero-order chi connectivity index (χ0) is 26.0. The van der Waals surface area contributed by atoms with Crippen LogP contribution in [0.4, 0.5) is 0 Å². The van der Waals surface area contributed by atoms with Gasteiger partial charge in [-0.25, -0.2) is 8.42 Å². The molecule has 2 heterocycles. The Balaban J connectivity index is 1.46. The van der Waals surface area contributed by atoms with Crippen molar-refractivity contribution in [3.8, 4) is 5.69 Å². The number of sulfone groups is 1. The van der Waals surface area contributed by atoms with Crippen LogP contribution in [-0.2, 0) is 14.6 Å². The molecule has 7 nitrogen and oxygen atoms in total. The van der Waals surface area contributed by atoms with Gasteiger partial charge in [0, 0.05) is 55.9 Å². The summed E-state index contributed by atoms with van der Waals surface area (Å²) in [4.78, 5) is 28.2. The van der Waals surface area contributed by atoms with Crippen molar-refractivity contribution < 1.29 is 18.0 Å². The molecule has 1 fully saturated rings. The summed E-state index contributed by atoms with van der Waals surface area (Å²) in [6, 6.07) is 16.0. The summed E-state index contributed by atoms with van der Waals surface area (Å²) in [6.07, 6.45) is 2.60. The monoisotopic (exact) mass is 509 g/mol. The molecule has 1 aliphatic rings. The van der Waals surface area contributed by atoms with Gasteiger partial charge in [0.15, 0.2) is 9.84 Å². The van der Waals surface area contributed by atoms with Crippen LogP contribution in [-0.4, -0.2) is 71.8 Å². The van der Waals surface area contributed by atoms with Crippen molar-refractivity contribution in [3.63, 3.8) is 0 Å². The summed E-state index contributed by atoms with van der Waals surface area (Å²) in [5.41, 5.74) is 3.79. The topological polar surface area (TPSA) is 79.7 Å². The second-order valence-corrected chi connectivity index (χ2v) is 12.6. The summed E-state index contributed by atoms with van der Waals surface area (Å²) in [5, 5.41) is 0.640. The fourth-order valence-corrected chi connectivity index (χ4v) is 5.77. The Hall–Kier alpha value is -3.13. The first kappa shape index (κ1) is 25.9. The molecular formula is C28H35N3O4S. The highest BCUT2D eigenvalue weighted by atomic mass is 32.2. The number of amides is 2. The number of benzene rings is 2. The third-order valence-corrected chi connectivity index (χ3v) is 9.48. The van der Waals surface area contributed by atoms with Gasteiger partial charge in [-0.3, -0.25) is 9.59 Å². The number of fused-ring (bicyclic) bond motifs is 1. The summed E-state index contributed by atoms with van der Waals surface area (Å²) >= 11 is 0. The quantitative estimate of drug-likeness (QED) is 0.477. The molecule has 192 valence electrons. The molecule has 2 amide bonds. The Morgan fingerprint density at radius 3 is 2.14 bits per heavy atom. The zero-order valence-corrected chi connectivity index (χ0v) is 22.3. The van der Waals surface area contributed by atoms with Crippen molar-refractivity contribution in [1.29, 1.82) is 0 Å². The van der Waals surface area contributed by atoms with Crippen molar-refractivity contribution in [3.05, 3.63) is 65.9 Å². The molecule has 2 aromatic carbocycles. The van der Waals surface area contributed by atoms with Crippen molar-refractivity contribution in [2.75, 3.05) is 31.9 Å². The smallest absolute Gasteiger partial charge is 0.253 e. The number of hydrogen-bond donors (Lipinski definition) is 0. The minimum atomic E-state index is -3.04. The normalized spacial score (nSPS) is 15.5. The Morgan fingerprint density at radius 1 is 0.889 bits per heavy atom. The van der Waals surface area contributed by atoms with E-state index >= 15 is 0 Å². The Bertz CT molecular complexity index is 1350. The highest BCUT2D eigenvalue weighted by Crippen LogP contribution is 2.26. The number of carbonyl (C=O) groups excluding carboxylic acids is 2. The zero-order valence-electron chi connectivity index (χ0n) is 21.5. The second-order valence-electron chi connectivity index (χ2n) is 9.95. The Morgan fingerprint density at radius 2 is 1.53 bits per heavy atom. The fourth-order valence-electron chi connectivity index (χ4n) is 4.61. The van der Waals surface area contributed by atoms with Crippen molar-refractivity contribution >= 4 is 32.6 Å². The van der Waals surface area contributed by atoms with E-state index in [0.717, 1.165) is 22.2 Å². The first-order valence-corrected chi connectivity index (χ1v) is 14.3. The maximum atomic E-state index is 13.0. The third-order valence-electron chi connectivity index (χ3n) is 7.24. The summed E-state index contributed by atoms with van der Waals surface area (Å²) < 4.78 is 26.4. The second kappa shape index (κ2) is 10.5. The summed E-state index contributed by atoms with van der Waals surface area (Å²) in [7, 11) is -3.04. The molecule has 0 aliphatic carbocycles. The molecule has 1 aromatic heterocycles. The van der Waals surface area contributed by atoms with Gasteiger partial charge in [-0.1, -0.05) is 19.1 Å². The molecule has 0 saturated carbocycles. The first-order valence-electron chi connectivity index (χ1n) is 12.5. The molecule has 1 saturated heterocycles. The number of carbonyl (C=O) groups is 2. The third kappa shape index (κ3) is 5.48. The van der Waals surface area contributed by atoms with Crippen LogP contribution in [0, 0.1) is 0 Å². The van der Waals surface area contributed by atoms with Crippen LogP contribution in [0.1, 0.15) is 56.0 Å². The largest absolute Gasteiger partial charge is 0.339 e. The van der Waals surface area contributed by atoms with Gasteiger partial charge >= 0.3 is 0 Å². The van der Waals surface area contributed by atoms with Crippen molar-refractivity contribution in [2.24, 2.45) is 0 Å². The van der Waals surface area contributed by atoms with E-state index in [-0.39, 0.29) is 28.7 Å². The lowest BCUT2D eigenvalue weighted by Crippen LogP contribution is -2.50. The first-order chi connectivity index (χ1) is 17.1. The van der Waals surface area contributed by atoms with Gasteiger partial charge < -0.3 is 14.4 Å². The van der Waals surface area contributed by atoms with E-state index in [1.807, 2.05) is 35.4 Å². The van der Waals surface area contributed by atoms with Gasteiger partial charge in [-0.05, 0) is 68.1 Å². The number of aromatic nitrogens is 1. The minimum Gasteiger partial charge on any atom is -0.339 e. The lowest BCUT2D eigenvalue weighted by molar-refractivity contribution is -0.130. The summed E-state index contributed by atoms with van der Waals surface area (Å²) in [5.74, 6) is 0.389. The van der Waals surface area contributed by atoms with Gasteiger partial charge in [-0.15, -0.1) is 0 Å². The highest BCUT2D eigenvalue weighted by Gasteiger charge is 2.23. The van der Waals surface area contributed by atoms with E-state index in [1.54, 1.807) is 25.7 Å². The van der Waals surface area contributed by atoms with E-state index in [9.17, 15) is 18.0 Å².